The number of hydrogen-bond acceptors (Lipinski definition) is 2. The Labute approximate surface area is 79.9 Å². The summed E-state index contributed by atoms with van der Waals surface area (Å²) in [4.78, 5) is 0. The van der Waals surface area contributed by atoms with Crippen LogP contribution < -0.4 is 0 Å². The molecule has 1 aliphatic heterocycles. The molecule has 0 aromatic heterocycles. The second-order valence-electron chi connectivity index (χ2n) is 4.15. The molecule has 0 unspecified atom stereocenters. The first kappa shape index (κ1) is 10.4. The zero-order chi connectivity index (χ0) is 8.97. The summed E-state index contributed by atoms with van der Waals surface area (Å²) >= 11 is 2.02. The molecule has 0 saturated carbocycles. The molecule has 1 nitrogen and oxygen atoms in total. The molecule has 2 heteroatoms. The molecular weight excluding hydrogens is 168 g/mol. The molecular formula is C10H20OS. The first-order valence-corrected chi connectivity index (χ1v) is 6.11. The van der Waals surface area contributed by atoms with Gasteiger partial charge in [0.25, 0.3) is 0 Å². The molecule has 1 fully saturated rings. The highest BCUT2D eigenvalue weighted by atomic mass is 32.2. The van der Waals surface area contributed by atoms with E-state index in [1.165, 1.54) is 24.3 Å². The van der Waals surface area contributed by atoms with E-state index in [-0.39, 0.29) is 6.10 Å². The van der Waals surface area contributed by atoms with E-state index in [4.69, 9.17) is 0 Å². The Morgan fingerprint density at radius 1 is 1.33 bits per heavy atom. The zero-order valence-electron chi connectivity index (χ0n) is 8.12. The van der Waals surface area contributed by atoms with E-state index in [1.807, 2.05) is 11.8 Å². The fraction of sp³-hybridized carbons (Fsp3) is 1.00. The monoisotopic (exact) mass is 188 g/mol. The van der Waals surface area contributed by atoms with Crippen molar-refractivity contribution in [3.05, 3.63) is 0 Å². The van der Waals surface area contributed by atoms with E-state index in [9.17, 15) is 5.11 Å². The van der Waals surface area contributed by atoms with Crippen molar-refractivity contribution < 1.29 is 5.11 Å². The molecule has 0 bridgehead atoms. The summed E-state index contributed by atoms with van der Waals surface area (Å²) in [6.45, 7) is 4.36. The van der Waals surface area contributed by atoms with Gasteiger partial charge in [-0.1, -0.05) is 13.8 Å². The summed E-state index contributed by atoms with van der Waals surface area (Å²) in [6, 6.07) is 0. The highest BCUT2D eigenvalue weighted by Gasteiger charge is 2.22. The van der Waals surface area contributed by atoms with E-state index < -0.39 is 0 Å². The van der Waals surface area contributed by atoms with Gasteiger partial charge in [0.1, 0.15) is 0 Å². The third kappa shape index (κ3) is 3.36. The largest absolute Gasteiger partial charge is 0.393 e. The predicted molar refractivity (Wildman–Crippen MR) is 55.5 cm³/mol. The van der Waals surface area contributed by atoms with Gasteiger partial charge in [-0.15, -0.1) is 0 Å². The van der Waals surface area contributed by atoms with Crippen LogP contribution >= 0.6 is 11.8 Å². The average molecular weight is 188 g/mol. The van der Waals surface area contributed by atoms with Gasteiger partial charge in [0, 0.05) is 0 Å². The molecule has 1 heterocycles. The van der Waals surface area contributed by atoms with Crippen LogP contribution in [0.25, 0.3) is 0 Å². The van der Waals surface area contributed by atoms with Crippen molar-refractivity contribution in [3.8, 4) is 0 Å². The van der Waals surface area contributed by atoms with Crippen molar-refractivity contribution in [1.82, 2.24) is 0 Å². The van der Waals surface area contributed by atoms with Crippen molar-refractivity contribution in [2.45, 2.75) is 39.2 Å². The standard InChI is InChI=1S/C10H20OS/c1-8(2)7-10(11)9-3-5-12-6-4-9/h8-11H,3-7H2,1-2H3/t10-/m1/s1. The second-order valence-corrected chi connectivity index (χ2v) is 5.37. The number of thioether (sulfide) groups is 1. The summed E-state index contributed by atoms with van der Waals surface area (Å²) in [5.41, 5.74) is 0. The van der Waals surface area contributed by atoms with Crippen LogP contribution in [0.5, 0.6) is 0 Å². The van der Waals surface area contributed by atoms with Crippen molar-refractivity contribution in [1.29, 1.82) is 0 Å². The van der Waals surface area contributed by atoms with Gasteiger partial charge in [-0.3, -0.25) is 0 Å². The van der Waals surface area contributed by atoms with Gasteiger partial charge in [-0.25, -0.2) is 0 Å². The van der Waals surface area contributed by atoms with Crippen molar-refractivity contribution in [3.63, 3.8) is 0 Å². The summed E-state index contributed by atoms with van der Waals surface area (Å²) < 4.78 is 0. The van der Waals surface area contributed by atoms with E-state index in [0.717, 1.165) is 6.42 Å². The maximum absolute atomic E-state index is 9.84. The first-order chi connectivity index (χ1) is 5.70. The van der Waals surface area contributed by atoms with Crippen LogP contribution in [0.2, 0.25) is 0 Å². The molecule has 1 saturated heterocycles. The minimum Gasteiger partial charge on any atom is -0.393 e. The van der Waals surface area contributed by atoms with Gasteiger partial charge in [0.05, 0.1) is 6.10 Å². The van der Waals surface area contributed by atoms with Crippen LogP contribution in [-0.2, 0) is 0 Å². The van der Waals surface area contributed by atoms with Gasteiger partial charge in [0.15, 0.2) is 0 Å². The first-order valence-electron chi connectivity index (χ1n) is 4.96. The average Bonchev–Trinajstić information content (AvgIpc) is 2.05. The molecule has 0 radical (unpaired) electrons. The minimum absolute atomic E-state index is 0.0362. The van der Waals surface area contributed by atoms with Crippen LogP contribution in [0, 0.1) is 11.8 Å². The summed E-state index contributed by atoms with van der Waals surface area (Å²) in [5, 5.41) is 9.84. The Hall–Kier alpha value is 0.310. The Kier molecular flexibility index (Phi) is 4.44. The topological polar surface area (TPSA) is 20.2 Å². The zero-order valence-corrected chi connectivity index (χ0v) is 8.94. The lowest BCUT2D eigenvalue weighted by Gasteiger charge is -2.27. The summed E-state index contributed by atoms with van der Waals surface area (Å²) in [5.74, 6) is 3.72. The second kappa shape index (κ2) is 5.13. The van der Waals surface area contributed by atoms with Crippen molar-refractivity contribution >= 4 is 11.8 Å². The smallest absolute Gasteiger partial charge is 0.0571 e. The van der Waals surface area contributed by atoms with Gasteiger partial charge < -0.3 is 5.11 Å². The summed E-state index contributed by atoms with van der Waals surface area (Å²) in [6.07, 6.45) is 3.39. The fourth-order valence-corrected chi connectivity index (χ4v) is 2.92. The van der Waals surface area contributed by atoms with E-state index in [0.29, 0.717) is 11.8 Å². The Morgan fingerprint density at radius 3 is 2.42 bits per heavy atom. The molecule has 12 heavy (non-hydrogen) atoms. The van der Waals surface area contributed by atoms with E-state index in [1.54, 1.807) is 0 Å². The number of aliphatic hydroxyl groups excluding tert-OH is 1. The van der Waals surface area contributed by atoms with Crippen LogP contribution in [0.3, 0.4) is 0 Å². The maximum atomic E-state index is 9.84. The third-order valence-corrected chi connectivity index (χ3v) is 3.57. The normalized spacial score (nSPS) is 23.0. The number of hydrogen-bond donors (Lipinski definition) is 1. The van der Waals surface area contributed by atoms with Crippen molar-refractivity contribution in [2.75, 3.05) is 11.5 Å². The van der Waals surface area contributed by atoms with Gasteiger partial charge >= 0.3 is 0 Å². The predicted octanol–water partition coefficient (Wildman–Crippen LogP) is 2.54. The molecule has 0 amide bonds. The molecule has 0 aromatic rings. The van der Waals surface area contributed by atoms with Gasteiger partial charge in [-0.05, 0) is 42.6 Å². The molecule has 1 N–H and O–H groups in total. The number of rotatable bonds is 3. The van der Waals surface area contributed by atoms with Gasteiger partial charge in [0.2, 0.25) is 0 Å². The highest BCUT2D eigenvalue weighted by molar-refractivity contribution is 7.99. The fourth-order valence-electron chi connectivity index (χ4n) is 1.78. The lowest BCUT2D eigenvalue weighted by atomic mass is 9.90. The van der Waals surface area contributed by atoms with E-state index in [2.05, 4.69) is 13.8 Å². The quantitative estimate of drug-likeness (QED) is 0.734. The highest BCUT2D eigenvalue weighted by Crippen LogP contribution is 2.27. The minimum atomic E-state index is -0.0362. The van der Waals surface area contributed by atoms with Crippen LogP contribution in [0.1, 0.15) is 33.1 Å². The Morgan fingerprint density at radius 2 is 1.92 bits per heavy atom. The molecule has 0 aromatic carbocycles. The Bertz CT molecular complexity index is 119. The Balaban J connectivity index is 2.24. The molecule has 72 valence electrons. The lowest BCUT2D eigenvalue weighted by Crippen LogP contribution is -2.25. The van der Waals surface area contributed by atoms with E-state index >= 15 is 0 Å². The molecule has 1 aliphatic rings. The van der Waals surface area contributed by atoms with Crippen LogP contribution in [0.4, 0.5) is 0 Å². The summed E-state index contributed by atoms with van der Waals surface area (Å²) in [7, 11) is 0. The van der Waals surface area contributed by atoms with Crippen molar-refractivity contribution in [2.24, 2.45) is 11.8 Å². The number of aliphatic hydroxyl groups is 1. The molecule has 1 rings (SSSR count). The SMILES string of the molecule is CC(C)C[C@@H](O)C1CCSCC1. The molecule has 0 spiro atoms. The lowest BCUT2D eigenvalue weighted by molar-refractivity contribution is 0.0820. The van der Waals surface area contributed by atoms with Gasteiger partial charge in [-0.2, -0.15) is 11.8 Å². The molecule has 0 aliphatic carbocycles. The van der Waals surface area contributed by atoms with Crippen LogP contribution in [0.15, 0.2) is 0 Å². The molecule has 1 atom stereocenters. The van der Waals surface area contributed by atoms with Crippen LogP contribution in [-0.4, -0.2) is 22.7 Å². The third-order valence-electron chi connectivity index (χ3n) is 2.52. The maximum Gasteiger partial charge on any atom is 0.0571 e.